The van der Waals surface area contributed by atoms with Crippen LogP contribution in [-0.4, -0.2) is 34.8 Å². The highest BCUT2D eigenvalue weighted by Crippen LogP contribution is 2.35. The van der Waals surface area contributed by atoms with Crippen molar-refractivity contribution in [2.24, 2.45) is 11.7 Å². The van der Waals surface area contributed by atoms with Crippen molar-refractivity contribution in [2.45, 2.75) is 25.3 Å². The van der Waals surface area contributed by atoms with Gasteiger partial charge in [0.15, 0.2) is 5.01 Å². The lowest BCUT2D eigenvalue weighted by Crippen LogP contribution is -2.49. The van der Waals surface area contributed by atoms with Gasteiger partial charge in [0, 0.05) is 19.0 Å². The smallest absolute Gasteiger partial charge is 0.282 e. The molecule has 9 heteroatoms. The van der Waals surface area contributed by atoms with E-state index < -0.39 is 17.2 Å². The van der Waals surface area contributed by atoms with Crippen molar-refractivity contribution >= 4 is 34.8 Å². The van der Waals surface area contributed by atoms with Crippen molar-refractivity contribution in [1.82, 2.24) is 9.88 Å². The molecule has 1 aromatic rings. The van der Waals surface area contributed by atoms with E-state index in [4.69, 9.17) is 17.3 Å². The molecule has 2 amide bonds. The first-order valence-corrected chi connectivity index (χ1v) is 7.01. The summed E-state index contributed by atoms with van der Waals surface area (Å²) in [6.07, 6.45) is -1.79. The molecule has 0 aliphatic heterocycles. The molecule has 110 valence electrons. The third-order valence-electron chi connectivity index (χ3n) is 3.37. The fourth-order valence-corrected chi connectivity index (χ4v) is 3.12. The van der Waals surface area contributed by atoms with E-state index in [2.05, 4.69) is 4.98 Å². The summed E-state index contributed by atoms with van der Waals surface area (Å²) in [5.41, 5.74) is 5.15. The molecule has 0 spiro atoms. The van der Waals surface area contributed by atoms with Gasteiger partial charge in [0.25, 0.3) is 12.3 Å². The molecule has 0 saturated heterocycles. The molecule has 1 aromatic heterocycles. The van der Waals surface area contributed by atoms with Gasteiger partial charge in [0.05, 0.1) is 0 Å². The molecule has 0 atom stereocenters. The Morgan fingerprint density at radius 3 is 2.55 bits per heavy atom. The van der Waals surface area contributed by atoms with Crippen LogP contribution in [0.25, 0.3) is 0 Å². The first-order valence-electron chi connectivity index (χ1n) is 5.82. The Labute approximate surface area is 122 Å². The Hall–Kier alpha value is -1.28. The zero-order chi connectivity index (χ0) is 15.0. The van der Waals surface area contributed by atoms with Crippen LogP contribution in [0.2, 0.25) is 5.15 Å². The minimum atomic E-state index is -2.75. The number of aromatic nitrogens is 1. The number of hydrogen-bond acceptors (Lipinski definition) is 4. The number of nitrogens with zero attached hydrogens (tertiary/aromatic N) is 2. The zero-order valence-electron chi connectivity index (χ0n) is 10.5. The van der Waals surface area contributed by atoms with Crippen LogP contribution in [0.4, 0.5) is 8.78 Å². The molecule has 2 rings (SSSR count). The highest BCUT2D eigenvalue weighted by atomic mass is 35.5. The predicted molar refractivity (Wildman–Crippen MR) is 69.9 cm³/mol. The number of primary amides is 1. The molecule has 1 aliphatic carbocycles. The van der Waals surface area contributed by atoms with Gasteiger partial charge in [-0.1, -0.05) is 11.6 Å². The molecule has 0 radical (unpaired) electrons. The minimum Gasteiger partial charge on any atom is -0.369 e. The second-order valence-electron chi connectivity index (χ2n) is 4.62. The van der Waals surface area contributed by atoms with E-state index in [0.29, 0.717) is 24.2 Å². The molecule has 1 saturated carbocycles. The Kier molecular flexibility index (Phi) is 4.24. The number of amides is 2. The number of nitrogens with two attached hydrogens (primary N) is 1. The van der Waals surface area contributed by atoms with Gasteiger partial charge >= 0.3 is 0 Å². The van der Waals surface area contributed by atoms with Crippen LogP contribution in [0.5, 0.6) is 0 Å². The molecule has 1 fully saturated rings. The summed E-state index contributed by atoms with van der Waals surface area (Å²) in [5.74, 6) is -1.09. The van der Waals surface area contributed by atoms with Crippen LogP contribution >= 0.6 is 22.9 Å². The molecular weight excluding hydrogens is 312 g/mol. The topological polar surface area (TPSA) is 76.3 Å². The molecule has 0 bridgehead atoms. The Morgan fingerprint density at radius 2 is 2.10 bits per heavy atom. The van der Waals surface area contributed by atoms with Crippen LogP contribution in [0.1, 0.15) is 33.9 Å². The molecule has 0 aromatic carbocycles. The average molecular weight is 324 g/mol. The maximum absolute atomic E-state index is 12.6. The van der Waals surface area contributed by atoms with Crippen LogP contribution < -0.4 is 5.73 Å². The molecule has 1 aliphatic rings. The minimum absolute atomic E-state index is 0.0738. The standard InChI is InChI=1S/C11H12ClF2N3O2S/c1-17(5-2-4(3-5)9(15)18)11(19)10-16-7(12)6(20-10)8(13)14/h4-5,8H,2-3H2,1H3,(H2,15,18). The lowest BCUT2D eigenvalue weighted by molar-refractivity contribution is -0.125. The van der Waals surface area contributed by atoms with E-state index in [1.807, 2.05) is 0 Å². The fraction of sp³-hybridized carbons (Fsp3) is 0.545. The molecule has 0 unspecified atom stereocenters. The number of thiazole rings is 1. The number of halogens is 3. The van der Waals surface area contributed by atoms with Crippen LogP contribution in [-0.2, 0) is 4.79 Å². The van der Waals surface area contributed by atoms with Gasteiger partial charge < -0.3 is 10.6 Å². The van der Waals surface area contributed by atoms with Gasteiger partial charge in [0.2, 0.25) is 5.91 Å². The van der Waals surface area contributed by atoms with Gasteiger partial charge in [0.1, 0.15) is 10.0 Å². The van der Waals surface area contributed by atoms with E-state index in [-0.39, 0.29) is 28.0 Å². The van der Waals surface area contributed by atoms with Gasteiger partial charge in [-0.2, -0.15) is 0 Å². The van der Waals surface area contributed by atoms with E-state index in [1.165, 1.54) is 4.90 Å². The largest absolute Gasteiger partial charge is 0.369 e. The fourth-order valence-electron chi connectivity index (χ4n) is 1.99. The van der Waals surface area contributed by atoms with Crippen molar-refractivity contribution < 1.29 is 18.4 Å². The van der Waals surface area contributed by atoms with E-state index in [0.717, 1.165) is 0 Å². The van der Waals surface area contributed by atoms with E-state index in [9.17, 15) is 18.4 Å². The van der Waals surface area contributed by atoms with Crippen molar-refractivity contribution in [3.05, 3.63) is 15.0 Å². The summed E-state index contributed by atoms with van der Waals surface area (Å²) >= 11 is 6.16. The van der Waals surface area contributed by atoms with Crippen LogP contribution in [0, 0.1) is 5.92 Å². The van der Waals surface area contributed by atoms with Gasteiger partial charge in [-0.25, -0.2) is 13.8 Å². The molecule has 1 heterocycles. The van der Waals surface area contributed by atoms with E-state index >= 15 is 0 Å². The maximum Gasteiger partial charge on any atom is 0.282 e. The summed E-state index contributed by atoms with van der Waals surface area (Å²) in [6, 6.07) is -0.127. The number of rotatable bonds is 4. The SMILES string of the molecule is CN(C(=O)c1nc(Cl)c(C(F)F)s1)C1CC(C(N)=O)C1. The lowest BCUT2D eigenvalue weighted by Gasteiger charge is -2.39. The molecular formula is C11H12ClF2N3O2S. The second-order valence-corrected chi connectivity index (χ2v) is 6.00. The molecule has 5 nitrogen and oxygen atoms in total. The highest BCUT2D eigenvalue weighted by Gasteiger charge is 2.38. The highest BCUT2D eigenvalue weighted by molar-refractivity contribution is 7.14. The molecule has 2 N–H and O–H groups in total. The van der Waals surface area contributed by atoms with Crippen molar-refractivity contribution in [1.29, 1.82) is 0 Å². The predicted octanol–water partition coefficient (Wildman–Crippen LogP) is 2.07. The van der Waals surface area contributed by atoms with Crippen molar-refractivity contribution in [3.8, 4) is 0 Å². The summed E-state index contributed by atoms with van der Waals surface area (Å²) in [6.45, 7) is 0. The van der Waals surface area contributed by atoms with Crippen molar-refractivity contribution in [3.63, 3.8) is 0 Å². The summed E-state index contributed by atoms with van der Waals surface area (Å²) in [5, 5.41) is -0.416. The third-order valence-corrected chi connectivity index (χ3v) is 4.83. The Balaban J connectivity index is 2.05. The zero-order valence-corrected chi connectivity index (χ0v) is 12.0. The van der Waals surface area contributed by atoms with Gasteiger partial charge in [-0.05, 0) is 12.8 Å². The lowest BCUT2D eigenvalue weighted by atomic mass is 9.79. The summed E-state index contributed by atoms with van der Waals surface area (Å²) < 4.78 is 25.2. The normalized spacial score (nSPS) is 21.6. The monoisotopic (exact) mass is 323 g/mol. The number of carbonyl (C=O) groups excluding carboxylic acids is 2. The van der Waals surface area contributed by atoms with E-state index in [1.54, 1.807) is 7.05 Å². The molecule has 20 heavy (non-hydrogen) atoms. The first kappa shape index (κ1) is 15.1. The summed E-state index contributed by atoms with van der Waals surface area (Å²) in [4.78, 5) is 27.7. The van der Waals surface area contributed by atoms with Crippen LogP contribution in [0.3, 0.4) is 0 Å². The summed E-state index contributed by atoms with van der Waals surface area (Å²) in [7, 11) is 1.54. The number of hydrogen-bond donors (Lipinski definition) is 1. The van der Waals surface area contributed by atoms with Crippen molar-refractivity contribution in [2.75, 3.05) is 7.05 Å². The number of carbonyl (C=O) groups is 2. The second kappa shape index (κ2) is 5.61. The quantitative estimate of drug-likeness (QED) is 0.921. The number of alkyl halides is 2. The average Bonchev–Trinajstić information content (AvgIpc) is 2.67. The Bertz CT molecular complexity index is 546. The maximum atomic E-state index is 12.6. The van der Waals surface area contributed by atoms with Crippen LogP contribution in [0.15, 0.2) is 0 Å². The Morgan fingerprint density at radius 1 is 1.50 bits per heavy atom. The van der Waals surface area contributed by atoms with Gasteiger partial charge in [-0.15, -0.1) is 11.3 Å². The third kappa shape index (κ3) is 2.76. The van der Waals surface area contributed by atoms with Gasteiger partial charge in [-0.3, -0.25) is 9.59 Å². The first-order chi connectivity index (χ1) is 9.31.